The second-order valence-electron chi connectivity index (χ2n) is 4.36. The molecule has 0 saturated carbocycles. The van der Waals surface area contributed by atoms with Gasteiger partial charge in [0.15, 0.2) is 0 Å². The van der Waals surface area contributed by atoms with Crippen LogP contribution < -0.4 is 5.32 Å². The van der Waals surface area contributed by atoms with Gasteiger partial charge in [0.2, 0.25) is 0 Å². The van der Waals surface area contributed by atoms with Crippen LogP contribution in [-0.2, 0) is 6.54 Å². The number of non-ortho nitro benzene ring substituents is 1. The van der Waals surface area contributed by atoms with Crippen LogP contribution in [0.2, 0.25) is 0 Å². The Balaban J connectivity index is 2.15. The van der Waals surface area contributed by atoms with Gasteiger partial charge in [0.05, 0.1) is 10.6 Å². The van der Waals surface area contributed by atoms with Crippen LogP contribution in [0.3, 0.4) is 0 Å². The third-order valence-corrected chi connectivity index (χ3v) is 4.45. The number of nitrogens with one attached hydrogen (secondary N) is 1. The fraction of sp³-hybridized carbons (Fsp3) is 0.143. The average Bonchev–Trinajstić information content (AvgIpc) is 2.41. The fourth-order valence-electron chi connectivity index (χ4n) is 1.78. The zero-order valence-electron chi connectivity index (χ0n) is 10.7. The van der Waals surface area contributed by atoms with Crippen molar-refractivity contribution in [3.8, 4) is 0 Å². The molecule has 2 aromatic rings. The van der Waals surface area contributed by atoms with E-state index in [-0.39, 0.29) is 5.69 Å². The normalized spacial score (nSPS) is 10.3. The molecule has 0 saturated heterocycles. The predicted molar refractivity (Wildman–Crippen MR) is 87.0 cm³/mol. The first-order valence-electron chi connectivity index (χ1n) is 5.90. The Morgan fingerprint density at radius 3 is 2.50 bits per heavy atom. The third-order valence-electron chi connectivity index (χ3n) is 2.87. The summed E-state index contributed by atoms with van der Waals surface area (Å²) in [5, 5.41) is 14.0. The number of halogens is 2. The number of nitro groups is 1. The lowest BCUT2D eigenvalue weighted by Gasteiger charge is -2.09. The number of hydrogen-bond donors (Lipinski definition) is 1. The highest BCUT2D eigenvalue weighted by atomic mass is 79.9. The van der Waals surface area contributed by atoms with Crippen molar-refractivity contribution in [2.24, 2.45) is 0 Å². The molecule has 0 heterocycles. The Hall–Kier alpha value is -1.40. The van der Waals surface area contributed by atoms with Crippen LogP contribution >= 0.6 is 31.9 Å². The smallest absolute Gasteiger partial charge is 0.271 e. The molecule has 2 rings (SSSR count). The second kappa shape index (κ2) is 6.37. The van der Waals surface area contributed by atoms with Gasteiger partial charge < -0.3 is 5.32 Å². The Bertz CT molecular complexity index is 660. The van der Waals surface area contributed by atoms with Crippen LogP contribution in [0.5, 0.6) is 0 Å². The maximum atomic E-state index is 10.8. The van der Waals surface area contributed by atoms with Crippen molar-refractivity contribution >= 4 is 43.2 Å². The van der Waals surface area contributed by atoms with E-state index < -0.39 is 4.92 Å². The largest absolute Gasteiger partial charge is 0.380 e. The van der Waals surface area contributed by atoms with Gasteiger partial charge in [-0.3, -0.25) is 10.1 Å². The molecule has 0 aliphatic rings. The lowest BCUT2D eigenvalue weighted by atomic mass is 10.1. The zero-order valence-corrected chi connectivity index (χ0v) is 13.9. The summed E-state index contributed by atoms with van der Waals surface area (Å²) in [5.41, 5.74) is 3.05. The average molecular weight is 400 g/mol. The molecule has 0 spiro atoms. The minimum Gasteiger partial charge on any atom is -0.380 e. The van der Waals surface area contributed by atoms with Gasteiger partial charge in [-0.25, -0.2) is 0 Å². The summed E-state index contributed by atoms with van der Waals surface area (Å²) < 4.78 is 1.87. The van der Waals surface area contributed by atoms with Gasteiger partial charge in [0, 0.05) is 27.6 Å². The molecule has 0 aromatic heterocycles. The highest BCUT2D eigenvalue weighted by Crippen LogP contribution is 2.27. The van der Waals surface area contributed by atoms with Gasteiger partial charge in [-0.1, -0.05) is 28.1 Å². The molecule has 2 aromatic carbocycles. The van der Waals surface area contributed by atoms with E-state index in [0.717, 1.165) is 20.1 Å². The third kappa shape index (κ3) is 3.58. The van der Waals surface area contributed by atoms with Crippen molar-refractivity contribution in [2.75, 3.05) is 5.32 Å². The Morgan fingerprint density at radius 2 is 1.85 bits per heavy atom. The first-order chi connectivity index (χ1) is 9.47. The minimum atomic E-state index is -0.401. The molecule has 1 N–H and O–H groups in total. The minimum absolute atomic E-state index is 0.0719. The number of aryl methyl sites for hydroxylation is 1. The first kappa shape index (κ1) is 15.0. The van der Waals surface area contributed by atoms with Crippen LogP contribution in [0, 0.1) is 17.0 Å². The van der Waals surface area contributed by atoms with Crippen molar-refractivity contribution in [3.63, 3.8) is 0 Å². The summed E-state index contributed by atoms with van der Waals surface area (Å²) >= 11 is 6.85. The number of hydrogen-bond acceptors (Lipinski definition) is 3. The lowest BCUT2D eigenvalue weighted by molar-refractivity contribution is -0.384. The summed E-state index contributed by atoms with van der Waals surface area (Å²) in [7, 11) is 0. The van der Waals surface area contributed by atoms with Crippen LogP contribution in [0.25, 0.3) is 0 Å². The fourth-order valence-corrected chi connectivity index (χ4v) is 2.41. The molecular formula is C14H12Br2N2O2. The van der Waals surface area contributed by atoms with Gasteiger partial charge in [-0.2, -0.15) is 0 Å². The van der Waals surface area contributed by atoms with Gasteiger partial charge >= 0.3 is 0 Å². The van der Waals surface area contributed by atoms with Crippen LogP contribution in [0.1, 0.15) is 11.1 Å². The summed E-state index contributed by atoms with van der Waals surface area (Å²) in [5.74, 6) is 0. The van der Waals surface area contributed by atoms with E-state index in [1.165, 1.54) is 12.1 Å². The van der Waals surface area contributed by atoms with E-state index in [1.807, 2.05) is 19.1 Å². The quantitative estimate of drug-likeness (QED) is 0.578. The van der Waals surface area contributed by atoms with Gasteiger partial charge in [0.25, 0.3) is 5.69 Å². The van der Waals surface area contributed by atoms with E-state index in [1.54, 1.807) is 6.07 Å². The number of rotatable bonds is 4. The van der Waals surface area contributed by atoms with Gasteiger partial charge in [0.1, 0.15) is 0 Å². The SMILES string of the molecule is Cc1cc(CNc2cc([N+](=O)[O-])ccc2Br)ccc1Br. The number of benzene rings is 2. The summed E-state index contributed by atoms with van der Waals surface area (Å²) in [6, 6.07) is 10.7. The molecule has 0 aliphatic carbocycles. The molecule has 0 aliphatic heterocycles. The summed E-state index contributed by atoms with van der Waals surface area (Å²) in [4.78, 5) is 10.4. The van der Waals surface area contributed by atoms with Gasteiger partial charge in [-0.15, -0.1) is 0 Å². The number of nitro benzene ring substituents is 1. The van der Waals surface area contributed by atoms with Crippen molar-refractivity contribution in [3.05, 3.63) is 66.6 Å². The van der Waals surface area contributed by atoms with Gasteiger partial charge in [-0.05, 0) is 46.1 Å². The van der Waals surface area contributed by atoms with E-state index >= 15 is 0 Å². The molecule has 4 nitrogen and oxygen atoms in total. The Morgan fingerprint density at radius 1 is 1.15 bits per heavy atom. The predicted octanol–water partition coefficient (Wildman–Crippen LogP) is 5.04. The molecule has 0 bridgehead atoms. The van der Waals surface area contributed by atoms with Crippen LogP contribution in [0.15, 0.2) is 45.3 Å². The monoisotopic (exact) mass is 398 g/mol. The van der Waals surface area contributed by atoms with E-state index in [9.17, 15) is 10.1 Å². The standard InChI is InChI=1S/C14H12Br2N2O2/c1-9-6-10(2-4-12(9)15)8-17-14-7-11(18(19)20)3-5-13(14)16/h2-7,17H,8H2,1H3. The summed E-state index contributed by atoms with van der Waals surface area (Å²) in [6.45, 7) is 2.63. The van der Waals surface area contributed by atoms with Crippen molar-refractivity contribution in [1.29, 1.82) is 0 Å². The molecule has 20 heavy (non-hydrogen) atoms. The molecule has 0 unspecified atom stereocenters. The number of nitrogens with zero attached hydrogens (tertiary/aromatic N) is 1. The summed E-state index contributed by atoms with van der Waals surface area (Å²) in [6.07, 6.45) is 0. The molecule has 0 fully saturated rings. The molecule has 0 atom stereocenters. The Labute approximate surface area is 133 Å². The van der Waals surface area contributed by atoms with E-state index in [2.05, 4.69) is 43.2 Å². The second-order valence-corrected chi connectivity index (χ2v) is 6.07. The lowest BCUT2D eigenvalue weighted by Crippen LogP contribution is -2.01. The van der Waals surface area contributed by atoms with Crippen molar-refractivity contribution in [2.45, 2.75) is 13.5 Å². The first-order valence-corrected chi connectivity index (χ1v) is 7.49. The molecule has 104 valence electrons. The van der Waals surface area contributed by atoms with E-state index in [4.69, 9.17) is 0 Å². The topological polar surface area (TPSA) is 55.2 Å². The molecule has 6 heteroatoms. The highest BCUT2D eigenvalue weighted by Gasteiger charge is 2.09. The van der Waals surface area contributed by atoms with Crippen molar-refractivity contribution < 1.29 is 4.92 Å². The molecule has 0 amide bonds. The number of anilines is 1. The van der Waals surface area contributed by atoms with Crippen LogP contribution in [0.4, 0.5) is 11.4 Å². The highest BCUT2D eigenvalue weighted by molar-refractivity contribution is 9.10. The van der Waals surface area contributed by atoms with E-state index in [0.29, 0.717) is 12.2 Å². The zero-order chi connectivity index (χ0) is 14.7. The Kier molecular flexibility index (Phi) is 4.77. The molecular weight excluding hydrogens is 388 g/mol. The van der Waals surface area contributed by atoms with Crippen molar-refractivity contribution in [1.82, 2.24) is 0 Å². The molecule has 0 radical (unpaired) electrons. The van der Waals surface area contributed by atoms with Crippen LogP contribution in [-0.4, -0.2) is 4.92 Å². The maximum absolute atomic E-state index is 10.8. The maximum Gasteiger partial charge on any atom is 0.271 e.